The summed E-state index contributed by atoms with van der Waals surface area (Å²) in [4.78, 5) is 0. The van der Waals surface area contributed by atoms with Gasteiger partial charge >= 0.3 is 0 Å². The molecule has 0 bridgehead atoms. The summed E-state index contributed by atoms with van der Waals surface area (Å²) in [6.07, 6.45) is 0. The highest BCUT2D eigenvalue weighted by Crippen LogP contribution is 2.47. The molecule has 13 rings (SSSR count). The van der Waals surface area contributed by atoms with Gasteiger partial charge in [-0.05, 0) is 117 Å². The Morgan fingerprint density at radius 2 is 0.825 bits per heavy atom. The van der Waals surface area contributed by atoms with E-state index in [0.29, 0.717) is 0 Å². The smallest absolute Gasteiger partial charge is 0.143 e. The van der Waals surface area contributed by atoms with Crippen molar-refractivity contribution in [2.75, 3.05) is 0 Å². The fourth-order valence-electron chi connectivity index (χ4n) is 9.90. The molecule has 1 heterocycles. The lowest BCUT2D eigenvalue weighted by atomic mass is 9.87. The molecule has 0 N–H and O–H groups in total. The molecule has 0 spiro atoms. The van der Waals surface area contributed by atoms with Gasteiger partial charge in [0.1, 0.15) is 11.2 Å². The lowest BCUT2D eigenvalue weighted by molar-refractivity contribution is 0.674. The molecule has 0 fully saturated rings. The van der Waals surface area contributed by atoms with Crippen LogP contribution in [0.5, 0.6) is 0 Å². The first-order valence-electron chi connectivity index (χ1n) is 19.7. The first kappa shape index (κ1) is 30.8. The predicted molar refractivity (Wildman–Crippen MR) is 244 cm³/mol. The van der Waals surface area contributed by atoms with Gasteiger partial charge in [0, 0.05) is 27.3 Å². The maximum Gasteiger partial charge on any atom is 0.143 e. The molecule has 1 nitrogen and oxygen atoms in total. The number of fused-ring (bicyclic) bond motifs is 9. The van der Waals surface area contributed by atoms with Crippen LogP contribution in [-0.2, 0) is 0 Å². The third-order valence-corrected chi connectivity index (χ3v) is 12.6. The average molecular weight is 721 g/mol. The van der Waals surface area contributed by atoms with Gasteiger partial charge in [0.2, 0.25) is 0 Å². The summed E-state index contributed by atoms with van der Waals surface area (Å²) in [6.45, 7) is 0. The Labute approximate surface area is 328 Å². The van der Waals surface area contributed by atoms with Gasteiger partial charge in [-0.25, -0.2) is 0 Å². The molecule has 0 atom stereocenters. The minimum absolute atomic E-state index is 0.918. The first-order chi connectivity index (χ1) is 28.2. The standard InChI is InChI=1S/C56H32O/c1-4-13-42-34(8-1)22-27-47-49(42)30-40-10-3-5-14-44(40)54(47)51-32-41(31-50-48-29-23-35-9-2-6-15-45(35)55(48)57-56(50)51)33-16-18-36(19-17-33)43-26-24-39-21-20-37-11-7-12-38-25-28-46(43)53(39)52(37)38/h1-32H. The van der Waals surface area contributed by atoms with Crippen molar-refractivity contribution in [3.05, 3.63) is 194 Å². The Morgan fingerprint density at radius 1 is 0.246 bits per heavy atom. The van der Waals surface area contributed by atoms with Crippen LogP contribution in [0.4, 0.5) is 0 Å². The summed E-state index contributed by atoms with van der Waals surface area (Å²) in [6, 6.07) is 71.6. The van der Waals surface area contributed by atoms with Crippen molar-refractivity contribution < 1.29 is 4.42 Å². The van der Waals surface area contributed by atoms with Crippen molar-refractivity contribution in [2.45, 2.75) is 0 Å². The number of rotatable bonds is 3. The fraction of sp³-hybridized carbons (Fsp3) is 0. The van der Waals surface area contributed by atoms with Gasteiger partial charge in [0.25, 0.3) is 0 Å². The second-order valence-corrected chi connectivity index (χ2v) is 15.6. The van der Waals surface area contributed by atoms with E-state index in [0.717, 1.165) is 38.5 Å². The summed E-state index contributed by atoms with van der Waals surface area (Å²) >= 11 is 0. The SMILES string of the molecule is c1ccc2c(-c3cc(-c4ccc(-c5ccc6ccc7cccc8ccc5c6c78)cc4)cc4c3oc3c5ccccc5ccc43)c3ccc4ccccc4c3cc2c1. The third kappa shape index (κ3) is 4.40. The minimum atomic E-state index is 0.918. The van der Waals surface area contributed by atoms with Crippen LogP contribution in [0, 0.1) is 0 Å². The lowest BCUT2D eigenvalue weighted by Crippen LogP contribution is -1.90. The Hall–Kier alpha value is -7.48. The molecule has 0 aliphatic heterocycles. The van der Waals surface area contributed by atoms with E-state index in [1.165, 1.54) is 92.3 Å². The number of benzene rings is 12. The molecule has 262 valence electrons. The van der Waals surface area contributed by atoms with E-state index in [-0.39, 0.29) is 0 Å². The molecule has 1 heteroatoms. The molecular weight excluding hydrogens is 689 g/mol. The van der Waals surface area contributed by atoms with E-state index in [1.54, 1.807) is 0 Å². The van der Waals surface area contributed by atoms with E-state index >= 15 is 0 Å². The van der Waals surface area contributed by atoms with Crippen LogP contribution in [0.3, 0.4) is 0 Å². The minimum Gasteiger partial charge on any atom is -0.455 e. The van der Waals surface area contributed by atoms with E-state index < -0.39 is 0 Å². The first-order valence-corrected chi connectivity index (χ1v) is 19.7. The molecule has 12 aromatic carbocycles. The zero-order valence-electron chi connectivity index (χ0n) is 30.9. The second kappa shape index (κ2) is 11.5. The molecule has 0 radical (unpaired) electrons. The molecule has 1 aromatic heterocycles. The summed E-state index contributed by atoms with van der Waals surface area (Å²) in [5.41, 5.74) is 8.96. The number of furan rings is 1. The Morgan fingerprint density at radius 3 is 1.63 bits per heavy atom. The van der Waals surface area contributed by atoms with Crippen LogP contribution in [-0.4, -0.2) is 0 Å². The molecule has 0 aliphatic carbocycles. The molecule has 13 aromatic rings. The van der Waals surface area contributed by atoms with Crippen molar-refractivity contribution in [3.8, 4) is 33.4 Å². The van der Waals surface area contributed by atoms with E-state index in [9.17, 15) is 0 Å². The molecular formula is C56H32O. The van der Waals surface area contributed by atoms with Crippen LogP contribution < -0.4 is 0 Å². The predicted octanol–water partition coefficient (Wildman–Crippen LogP) is 16.1. The molecule has 0 saturated heterocycles. The van der Waals surface area contributed by atoms with Crippen LogP contribution in [0.2, 0.25) is 0 Å². The highest BCUT2D eigenvalue weighted by atomic mass is 16.3. The molecule has 0 unspecified atom stereocenters. The van der Waals surface area contributed by atoms with Gasteiger partial charge in [-0.15, -0.1) is 0 Å². The largest absolute Gasteiger partial charge is 0.455 e. The number of hydrogen-bond acceptors (Lipinski definition) is 1. The number of hydrogen-bond donors (Lipinski definition) is 0. The second-order valence-electron chi connectivity index (χ2n) is 15.6. The quantitative estimate of drug-likeness (QED) is 0.131. The monoisotopic (exact) mass is 720 g/mol. The topological polar surface area (TPSA) is 13.1 Å². The summed E-state index contributed by atoms with van der Waals surface area (Å²) in [5.74, 6) is 0. The van der Waals surface area contributed by atoms with Gasteiger partial charge < -0.3 is 4.42 Å². The Balaban J connectivity index is 1.07. The highest BCUT2D eigenvalue weighted by molar-refractivity contribution is 6.27. The van der Waals surface area contributed by atoms with Gasteiger partial charge in [-0.1, -0.05) is 170 Å². The van der Waals surface area contributed by atoms with E-state index in [4.69, 9.17) is 4.42 Å². The van der Waals surface area contributed by atoms with Gasteiger partial charge in [0.15, 0.2) is 0 Å². The summed E-state index contributed by atoms with van der Waals surface area (Å²) < 4.78 is 7.09. The Kier molecular flexibility index (Phi) is 6.23. The van der Waals surface area contributed by atoms with Crippen LogP contribution in [0.25, 0.3) is 131 Å². The zero-order valence-corrected chi connectivity index (χ0v) is 30.9. The van der Waals surface area contributed by atoms with Gasteiger partial charge in [0.05, 0.1) is 0 Å². The van der Waals surface area contributed by atoms with Crippen molar-refractivity contribution in [1.82, 2.24) is 0 Å². The fourth-order valence-corrected chi connectivity index (χ4v) is 9.90. The van der Waals surface area contributed by atoms with E-state index in [1.807, 2.05) is 0 Å². The van der Waals surface area contributed by atoms with Crippen molar-refractivity contribution in [3.63, 3.8) is 0 Å². The van der Waals surface area contributed by atoms with Crippen molar-refractivity contribution >= 4 is 97.3 Å². The summed E-state index contributed by atoms with van der Waals surface area (Å²) in [7, 11) is 0. The van der Waals surface area contributed by atoms with Crippen molar-refractivity contribution in [2.24, 2.45) is 0 Å². The third-order valence-electron chi connectivity index (χ3n) is 12.6. The highest BCUT2D eigenvalue weighted by Gasteiger charge is 2.21. The normalized spacial score (nSPS) is 12.2. The average Bonchev–Trinajstić information content (AvgIpc) is 3.66. The Bertz CT molecular complexity index is 3770. The van der Waals surface area contributed by atoms with Crippen molar-refractivity contribution in [1.29, 1.82) is 0 Å². The zero-order chi connectivity index (χ0) is 37.2. The maximum atomic E-state index is 7.09. The molecule has 57 heavy (non-hydrogen) atoms. The van der Waals surface area contributed by atoms with Crippen LogP contribution in [0.1, 0.15) is 0 Å². The van der Waals surface area contributed by atoms with E-state index in [2.05, 4.69) is 194 Å². The van der Waals surface area contributed by atoms with Gasteiger partial charge in [-0.2, -0.15) is 0 Å². The summed E-state index contributed by atoms with van der Waals surface area (Å²) in [5, 5.41) is 19.8. The molecule has 0 saturated carbocycles. The van der Waals surface area contributed by atoms with Gasteiger partial charge in [-0.3, -0.25) is 0 Å². The molecule has 0 amide bonds. The molecule has 0 aliphatic rings. The maximum absolute atomic E-state index is 7.09. The van der Waals surface area contributed by atoms with Crippen LogP contribution >= 0.6 is 0 Å². The van der Waals surface area contributed by atoms with Crippen LogP contribution in [0.15, 0.2) is 199 Å². The lowest BCUT2D eigenvalue weighted by Gasteiger charge is -2.16.